The number of pyridine rings is 1. The van der Waals surface area contributed by atoms with Crippen molar-refractivity contribution >= 4 is 28.7 Å². The Morgan fingerprint density at radius 1 is 1.50 bits per heavy atom. The molecule has 0 unspecified atom stereocenters. The van der Waals surface area contributed by atoms with E-state index < -0.39 is 0 Å². The van der Waals surface area contributed by atoms with E-state index in [1.807, 2.05) is 19.1 Å². The van der Waals surface area contributed by atoms with Gasteiger partial charge in [-0.2, -0.15) is 5.10 Å². The summed E-state index contributed by atoms with van der Waals surface area (Å²) < 4.78 is 4.72. The highest BCUT2D eigenvalue weighted by molar-refractivity contribution is 7.17. The molecule has 0 amide bonds. The van der Waals surface area contributed by atoms with Crippen LogP contribution in [-0.2, 0) is 11.2 Å². The summed E-state index contributed by atoms with van der Waals surface area (Å²) in [6.07, 6.45) is 5.70. The third-order valence-electron chi connectivity index (χ3n) is 2.48. The van der Waals surface area contributed by atoms with Crippen molar-refractivity contribution in [3.8, 4) is 0 Å². The topological polar surface area (TPSA) is 76.5 Å². The molecule has 0 aromatic carbocycles. The van der Waals surface area contributed by atoms with E-state index >= 15 is 0 Å². The Morgan fingerprint density at radius 3 is 2.90 bits per heavy atom. The number of hydrogen-bond acceptors (Lipinski definition) is 7. The fourth-order valence-electron chi connectivity index (χ4n) is 1.50. The van der Waals surface area contributed by atoms with Crippen LogP contribution in [0.25, 0.3) is 0 Å². The Hall–Kier alpha value is -2.28. The molecule has 1 N–H and O–H groups in total. The van der Waals surface area contributed by atoms with Crippen LogP contribution in [-0.4, -0.2) is 29.3 Å². The van der Waals surface area contributed by atoms with Crippen LogP contribution in [0.1, 0.15) is 27.9 Å². The van der Waals surface area contributed by atoms with Crippen LogP contribution in [0.5, 0.6) is 0 Å². The van der Waals surface area contributed by atoms with E-state index in [0.29, 0.717) is 22.1 Å². The van der Waals surface area contributed by atoms with Gasteiger partial charge in [-0.3, -0.25) is 10.4 Å². The van der Waals surface area contributed by atoms with Crippen LogP contribution in [0.15, 0.2) is 29.6 Å². The number of carbonyl (C=O) groups excluding carboxylic acids is 1. The van der Waals surface area contributed by atoms with Gasteiger partial charge in [0.05, 0.1) is 19.0 Å². The number of methoxy groups -OCH3 is 1. The largest absolute Gasteiger partial charge is 0.465 e. The van der Waals surface area contributed by atoms with Crippen LogP contribution in [0.2, 0.25) is 0 Å². The number of aryl methyl sites for hydroxylation is 1. The van der Waals surface area contributed by atoms with Crippen LogP contribution in [0.4, 0.5) is 5.13 Å². The molecule has 0 fully saturated rings. The number of hydrazone groups is 1. The standard InChI is InChI=1S/C13H14N4O2S/c1-3-10-11(12(18)19-2)20-13(16-10)17-15-8-9-4-6-14-7-5-9/h4-8H,3H2,1-2H3,(H,16,17)/b15-8-. The monoisotopic (exact) mass is 290 g/mol. The first kappa shape index (κ1) is 14.1. The molecule has 0 aliphatic heterocycles. The lowest BCUT2D eigenvalue weighted by Gasteiger charge is -1.95. The van der Waals surface area contributed by atoms with Gasteiger partial charge in [0, 0.05) is 12.4 Å². The fourth-order valence-corrected chi connectivity index (χ4v) is 2.42. The van der Waals surface area contributed by atoms with Crippen molar-refractivity contribution in [2.75, 3.05) is 12.5 Å². The molecule has 104 valence electrons. The maximum Gasteiger partial charge on any atom is 0.350 e. The summed E-state index contributed by atoms with van der Waals surface area (Å²) in [6, 6.07) is 3.68. The van der Waals surface area contributed by atoms with Crippen LogP contribution in [0.3, 0.4) is 0 Å². The molecule has 0 saturated heterocycles. The third kappa shape index (κ3) is 3.39. The number of rotatable bonds is 5. The van der Waals surface area contributed by atoms with Crippen LogP contribution >= 0.6 is 11.3 Å². The quantitative estimate of drug-likeness (QED) is 0.519. The number of hydrogen-bond donors (Lipinski definition) is 1. The SMILES string of the molecule is CCc1nc(N/N=C\c2ccncc2)sc1C(=O)OC. The van der Waals surface area contributed by atoms with Crippen molar-refractivity contribution in [2.24, 2.45) is 5.10 Å². The molecule has 2 rings (SSSR count). The minimum Gasteiger partial charge on any atom is -0.465 e. The highest BCUT2D eigenvalue weighted by atomic mass is 32.1. The van der Waals surface area contributed by atoms with Crippen LogP contribution in [0, 0.1) is 0 Å². The molecular weight excluding hydrogens is 276 g/mol. The second-order valence-electron chi connectivity index (χ2n) is 3.79. The second-order valence-corrected chi connectivity index (χ2v) is 4.79. The van der Waals surface area contributed by atoms with Gasteiger partial charge in [0.1, 0.15) is 4.88 Å². The van der Waals surface area contributed by atoms with Gasteiger partial charge in [0.2, 0.25) is 5.13 Å². The van der Waals surface area contributed by atoms with E-state index in [9.17, 15) is 4.79 Å². The molecule has 0 saturated carbocycles. The highest BCUT2D eigenvalue weighted by Gasteiger charge is 2.17. The van der Waals surface area contributed by atoms with Gasteiger partial charge in [-0.25, -0.2) is 9.78 Å². The Morgan fingerprint density at radius 2 is 2.25 bits per heavy atom. The Balaban J connectivity index is 2.09. The molecule has 0 radical (unpaired) electrons. The molecule has 0 aliphatic rings. The minimum absolute atomic E-state index is 0.370. The number of thiazole rings is 1. The summed E-state index contributed by atoms with van der Waals surface area (Å²) in [7, 11) is 1.36. The molecular formula is C13H14N4O2S. The van der Waals surface area contributed by atoms with Crippen molar-refractivity contribution in [1.29, 1.82) is 0 Å². The molecule has 0 atom stereocenters. The third-order valence-corrected chi connectivity index (χ3v) is 3.47. The van der Waals surface area contributed by atoms with Gasteiger partial charge in [-0.15, -0.1) is 0 Å². The van der Waals surface area contributed by atoms with E-state index in [0.717, 1.165) is 5.56 Å². The average Bonchev–Trinajstić information content (AvgIpc) is 2.91. The minimum atomic E-state index is -0.370. The lowest BCUT2D eigenvalue weighted by molar-refractivity contribution is 0.0605. The smallest absolute Gasteiger partial charge is 0.350 e. The molecule has 0 aliphatic carbocycles. The highest BCUT2D eigenvalue weighted by Crippen LogP contribution is 2.24. The normalized spacial score (nSPS) is 10.7. The van der Waals surface area contributed by atoms with Crippen molar-refractivity contribution in [1.82, 2.24) is 9.97 Å². The Kier molecular flexibility index (Phi) is 4.78. The molecule has 2 aromatic heterocycles. The zero-order chi connectivity index (χ0) is 14.4. The number of nitrogens with one attached hydrogen (secondary N) is 1. The van der Waals surface area contributed by atoms with Crippen LogP contribution < -0.4 is 5.43 Å². The maximum atomic E-state index is 11.6. The fraction of sp³-hybridized carbons (Fsp3) is 0.231. The van der Waals surface area contributed by atoms with Gasteiger partial charge < -0.3 is 4.74 Å². The van der Waals surface area contributed by atoms with E-state index in [-0.39, 0.29) is 5.97 Å². The first-order chi connectivity index (χ1) is 9.74. The number of carbonyl (C=O) groups is 1. The summed E-state index contributed by atoms with van der Waals surface area (Å²) in [5.74, 6) is -0.370. The molecule has 0 bridgehead atoms. The molecule has 20 heavy (non-hydrogen) atoms. The van der Waals surface area contributed by atoms with E-state index in [4.69, 9.17) is 4.74 Å². The van der Waals surface area contributed by atoms with Gasteiger partial charge in [0.15, 0.2) is 0 Å². The van der Waals surface area contributed by atoms with Crippen molar-refractivity contribution < 1.29 is 9.53 Å². The molecule has 6 nitrogen and oxygen atoms in total. The zero-order valence-electron chi connectivity index (χ0n) is 11.2. The maximum absolute atomic E-state index is 11.6. The number of anilines is 1. The van der Waals surface area contributed by atoms with E-state index in [1.54, 1.807) is 18.6 Å². The van der Waals surface area contributed by atoms with Gasteiger partial charge in [0.25, 0.3) is 0 Å². The number of ether oxygens (including phenoxy) is 1. The predicted octanol–water partition coefficient (Wildman–Crippen LogP) is 2.33. The Bertz CT molecular complexity index is 610. The van der Waals surface area contributed by atoms with Gasteiger partial charge in [-0.05, 0) is 24.1 Å². The van der Waals surface area contributed by atoms with Crippen molar-refractivity contribution in [2.45, 2.75) is 13.3 Å². The molecule has 7 heteroatoms. The zero-order valence-corrected chi connectivity index (χ0v) is 12.0. The number of esters is 1. The number of aromatic nitrogens is 2. The van der Waals surface area contributed by atoms with E-state index in [2.05, 4.69) is 20.5 Å². The number of nitrogens with zero attached hydrogens (tertiary/aromatic N) is 3. The predicted molar refractivity (Wildman–Crippen MR) is 78.3 cm³/mol. The second kappa shape index (κ2) is 6.76. The van der Waals surface area contributed by atoms with Gasteiger partial charge in [-0.1, -0.05) is 18.3 Å². The lowest BCUT2D eigenvalue weighted by atomic mass is 10.3. The first-order valence-electron chi connectivity index (χ1n) is 6.01. The lowest BCUT2D eigenvalue weighted by Crippen LogP contribution is -2.01. The molecule has 2 heterocycles. The summed E-state index contributed by atoms with van der Waals surface area (Å²) in [6.45, 7) is 1.94. The summed E-state index contributed by atoms with van der Waals surface area (Å²) in [4.78, 5) is 20.3. The first-order valence-corrected chi connectivity index (χ1v) is 6.83. The average molecular weight is 290 g/mol. The summed E-state index contributed by atoms with van der Waals surface area (Å²) in [5, 5.41) is 4.64. The Labute approximate surface area is 120 Å². The summed E-state index contributed by atoms with van der Waals surface area (Å²) >= 11 is 1.23. The summed E-state index contributed by atoms with van der Waals surface area (Å²) in [5.41, 5.74) is 4.45. The van der Waals surface area contributed by atoms with E-state index in [1.165, 1.54) is 18.4 Å². The molecule has 2 aromatic rings. The van der Waals surface area contributed by atoms with Crippen molar-refractivity contribution in [3.63, 3.8) is 0 Å². The van der Waals surface area contributed by atoms with Gasteiger partial charge >= 0.3 is 5.97 Å². The molecule has 0 spiro atoms. The van der Waals surface area contributed by atoms with Crippen molar-refractivity contribution in [3.05, 3.63) is 40.7 Å².